The molecule has 1 aromatic heterocycles. The first-order chi connectivity index (χ1) is 12.1. The van der Waals surface area contributed by atoms with E-state index in [0.717, 1.165) is 0 Å². The first kappa shape index (κ1) is 20.7. The molecule has 0 saturated carbocycles. The first-order valence-corrected chi connectivity index (χ1v) is 9.49. The van der Waals surface area contributed by atoms with Crippen molar-refractivity contribution in [2.45, 2.75) is 51.8 Å². The van der Waals surface area contributed by atoms with E-state index in [-0.39, 0.29) is 12.2 Å². The number of benzene rings is 1. The number of hydrogen-bond donors (Lipinski definition) is 1. The Morgan fingerprint density at radius 2 is 2.04 bits per heavy atom. The predicted octanol–water partition coefficient (Wildman–Crippen LogP) is 4.70. The van der Waals surface area contributed by atoms with Crippen LogP contribution in [0.15, 0.2) is 24.4 Å². The summed E-state index contributed by atoms with van der Waals surface area (Å²) in [5.74, 6) is 0. The Morgan fingerprint density at radius 3 is 2.58 bits per heavy atom. The van der Waals surface area contributed by atoms with Gasteiger partial charge in [0.2, 0.25) is 0 Å². The van der Waals surface area contributed by atoms with Gasteiger partial charge >= 0.3 is 6.09 Å². The Hall–Kier alpha value is -1.64. The zero-order valence-electron chi connectivity index (χ0n) is 15.5. The molecule has 0 fully saturated rings. The van der Waals surface area contributed by atoms with Crippen molar-refractivity contribution < 1.29 is 22.9 Å². The highest BCUT2D eigenvalue weighted by molar-refractivity contribution is 7.90. The predicted molar refractivity (Wildman–Crippen MR) is 98.8 cm³/mol. The van der Waals surface area contributed by atoms with E-state index in [4.69, 9.17) is 4.74 Å². The molecular weight excluding hydrogens is 362 g/mol. The normalized spacial score (nSPS) is 14.7. The van der Waals surface area contributed by atoms with Crippen LogP contribution in [0.2, 0.25) is 0 Å². The largest absolute Gasteiger partial charge is 0.598 e. The Labute approximate surface area is 155 Å². The van der Waals surface area contributed by atoms with Crippen LogP contribution in [0.4, 0.5) is 13.6 Å². The Balaban J connectivity index is 2.50. The van der Waals surface area contributed by atoms with Gasteiger partial charge in [0.1, 0.15) is 4.75 Å². The summed E-state index contributed by atoms with van der Waals surface area (Å²) >= 11 is -1.36. The minimum absolute atomic E-state index is 0.171. The van der Waals surface area contributed by atoms with Gasteiger partial charge in [-0.3, -0.25) is 4.57 Å². The number of nitrogens with zero attached hydrogens (tertiary/aromatic N) is 1. The molecule has 5 nitrogen and oxygen atoms in total. The highest BCUT2D eigenvalue weighted by Crippen LogP contribution is 2.32. The van der Waals surface area contributed by atoms with Crippen LogP contribution in [0.25, 0.3) is 10.9 Å². The summed E-state index contributed by atoms with van der Waals surface area (Å²) in [7, 11) is 0. The lowest BCUT2D eigenvalue weighted by Gasteiger charge is -2.26. The summed E-state index contributed by atoms with van der Waals surface area (Å²) in [5, 5.41) is 0.293. The fourth-order valence-electron chi connectivity index (χ4n) is 2.48. The maximum atomic E-state index is 13.5. The quantitative estimate of drug-likeness (QED) is 0.757. The van der Waals surface area contributed by atoms with Crippen LogP contribution in [0.5, 0.6) is 0 Å². The zero-order chi connectivity index (χ0) is 19.6. The number of ether oxygens (including phenoxy) is 1. The van der Waals surface area contributed by atoms with E-state index >= 15 is 0 Å². The van der Waals surface area contributed by atoms with Gasteiger partial charge in [-0.1, -0.05) is 0 Å². The summed E-state index contributed by atoms with van der Waals surface area (Å²) < 4.78 is 48.0. The second-order valence-corrected chi connectivity index (χ2v) is 8.95. The number of nitrogens with one attached hydrogen (secondary N) is 1. The van der Waals surface area contributed by atoms with Gasteiger partial charge in [0, 0.05) is 28.5 Å². The molecule has 144 valence electrons. The van der Waals surface area contributed by atoms with Crippen molar-refractivity contribution in [3.05, 3.63) is 35.5 Å². The Morgan fingerprint density at radius 1 is 1.38 bits per heavy atom. The van der Waals surface area contributed by atoms with Crippen molar-refractivity contribution >= 4 is 28.4 Å². The number of rotatable bonds is 5. The number of alkyl halides is 2. The molecule has 0 aliphatic carbocycles. The molecule has 0 radical (unpaired) electrons. The van der Waals surface area contributed by atoms with Crippen molar-refractivity contribution in [3.8, 4) is 0 Å². The fraction of sp³-hybridized carbons (Fsp3) is 0.500. The van der Waals surface area contributed by atoms with Gasteiger partial charge in [0.25, 0.3) is 6.43 Å². The third kappa shape index (κ3) is 4.36. The number of carbonyl (C=O) groups is 1. The van der Waals surface area contributed by atoms with E-state index in [1.54, 1.807) is 19.9 Å². The van der Waals surface area contributed by atoms with E-state index in [9.17, 15) is 18.1 Å². The molecule has 0 aliphatic heterocycles. The van der Waals surface area contributed by atoms with E-state index in [1.807, 2.05) is 20.8 Å². The van der Waals surface area contributed by atoms with Gasteiger partial charge in [-0.05, 0) is 58.4 Å². The molecular formula is C18H24F2N2O3S. The molecule has 1 aromatic carbocycles. The highest BCUT2D eigenvalue weighted by Gasteiger charge is 2.29. The fourth-order valence-corrected chi connectivity index (χ4v) is 3.29. The molecule has 0 saturated heterocycles. The number of halogens is 2. The summed E-state index contributed by atoms with van der Waals surface area (Å²) in [6.45, 7) is 9.07. The van der Waals surface area contributed by atoms with Crippen LogP contribution in [0, 0.1) is 0 Å². The molecule has 26 heavy (non-hydrogen) atoms. The molecule has 0 spiro atoms. The van der Waals surface area contributed by atoms with Crippen molar-refractivity contribution in [3.63, 3.8) is 0 Å². The van der Waals surface area contributed by atoms with Crippen LogP contribution in [-0.2, 0) is 16.1 Å². The van der Waals surface area contributed by atoms with Crippen molar-refractivity contribution in [2.24, 2.45) is 0 Å². The maximum Gasteiger partial charge on any atom is 0.418 e. The van der Waals surface area contributed by atoms with Crippen LogP contribution in [0.1, 0.15) is 58.2 Å². The minimum Gasteiger partial charge on any atom is -0.598 e. The lowest BCUT2D eigenvalue weighted by molar-refractivity contribution is 0.152. The van der Waals surface area contributed by atoms with Crippen LogP contribution in [0.3, 0.4) is 0 Å². The number of fused-ring (bicyclic) bond motifs is 1. The molecule has 2 rings (SSSR count). The Kier molecular flexibility index (Phi) is 6.31. The molecule has 0 amide bonds. The zero-order valence-corrected chi connectivity index (χ0v) is 16.3. The van der Waals surface area contributed by atoms with E-state index in [2.05, 4.69) is 4.72 Å². The minimum atomic E-state index is -2.70. The summed E-state index contributed by atoms with van der Waals surface area (Å²) in [4.78, 5) is 12.1. The average molecular weight is 386 g/mol. The van der Waals surface area contributed by atoms with Crippen molar-refractivity contribution in [2.75, 3.05) is 6.61 Å². The van der Waals surface area contributed by atoms with Crippen LogP contribution >= 0.6 is 0 Å². The third-order valence-corrected chi connectivity index (χ3v) is 5.58. The molecule has 8 heteroatoms. The van der Waals surface area contributed by atoms with E-state index in [1.165, 1.54) is 22.9 Å². The molecule has 0 bridgehead atoms. The third-order valence-electron chi connectivity index (χ3n) is 3.90. The maximum absolute atomic E-state index is 13.5. The molecule has 2 aromatic rings. The molecule has 2 atom stereocenters. The number of carbonyl (C=O) groups excluding carboxylic acids is 1. The number of hydrogen-bond acceptors (Lipinski definition) is 4. The molecule has 0 unspecified atom stereocenters. The van der Waals surface area contributed by atoms with Gasteiger partial charge in [0.05, 0.1) is 18.2 Å². The van der Waals surface area contributed by atoms with Gasteiger partial charge in [0.15, 0.2) is 0 Å². The smallest absolute Gasteiger partial charge is 0.418 e. The molecule has 1 heterocycles. The molecule has 0 aliphatic rings. The second-order valence-electron chi connectivity index (χ2n) is 6.95. The first-order valence-electron chi connectivity index (χ1n) is 8.34. The van der Waals surface area contributed by atoms with Gasteiger partial charge in [-0.2, -0.15) is 0 Å². The van der Waals surface area contributed by atoms with Gasteiger partial charge < -0.3 is 9.29 Å². The van der Waals surface area contributed by atoms with E-state index < -0.39 is 34.7 Å². The summed E-state index contributed by atoms with van der Waals surface area (Å²) in [5.41, 5.74) is 0.692. The van der Waals surface area contributed by atoms with Crippen molar-refractivity contribution in [1.29, 1.82) is 0 Å². The topological polar surface area (TPSA) is 66.3 Å². The van der Waals surface area contributed by atoms with Gasteiger partial charge in [-0.15, -0.1) is 4.72 Å². The monoisotopic (exact) mass is 386 g/mol. The standard InChI is InChI=1S/C18H24F2N2O3S/c1-6-25-17(23)22-8-7-13-14(16(19)20)9-12(10-15(13)22)11(2)21-26(24)18(3,4)5/h7-11,16,21H,6H2,1-5H3/t11-,26-/m1/s1. The van der Waals surface area contributed by atoms with Crippen LogP contribution < -0.4 is 4.72 Å². The SMILES string of the molecule is CCOC(=O)n1ccc2c(C(F)F)cc([C@@H](C)N[S@+]([O-])C(C)(C)C)cc21. The number of aromatic nitrogens is 1. The summed E-state index contributed by atoms with van der Waals surface area (Å²) in [6, 6.07) is 4.07. The molecule has 1 N–H and O–H groups in total. The van der Waals surface area contributed by atoms with Gasteiger partial charge in [-0.25, -0.2) is 13.6 Å². The average Bonchev–Trinajstić information content (AvgIpc) is 2.96. The lowest BCUT2D eigenvalue weighted by atomic mass is 10.0. The summed E-state index contributed by atoms with van der Waals surface area (Å²) in [6.07, 6.45) is -1.90. The second kappa shape index (κ2) is 7.94. The Bertz CT molecular complexity index is 787. The van der Waals surface area contributed by atoms with E-state index in [0.29, 0.717) is 16.5 Å². The van der Waals surface area contributed by atoms with Crippen LogP contribution in [-0.4, -0.2) is 26.6 Å². The lowest BCUT2D eigenvalue weighted by Crippen LogP contribution is -2.40. The highest BCUT2D eigenvalue weighted by atomic mass is 32.2. The van der Waals surface area contributed by atoms with Crippen molar-refractivity contribution in [1.82, 2.24) is 9.29 Å².